The number of hydrogen-bond donors (Lipinski definition) is 1. The van der Waals surface area contributed by atoms with Gasteiger partial charge in [-0.3, -0.25) is 0 Å². The highest BCUT2D eigenvalue weighted by atomic mass is 19.4. The molecule has 0 saturated heterocycles. The Balaban J connectivity index is 2.68. The van der Waals surface area contributed by atoms with Gasteiger partial charge in [0.2, 0.25) is 0 Å². The number of alkyl halides is 6. The SMILES string of the molecule is OCc1cc(-c2ccccc2C(F)(F)F)cc(C(F)(F)F)c1. The molecule has 22 heavy (non-hydrogen) atoms. The first kappa shape index (κ1) is 16.4. The summed E-state index contributed by atoms with van der Waals surface area (Å²) in [4.78, 5) is 0. The van der Waals surface area contributed by atoms with Crippen molar-refractivity contribution in [2.45, 2.75) is 19.0 Å². The maximum absolute atomic E-state index is 13.0. The van der Waals surface area contributed by atoms with Crippen LogP contribution < -0.4 is 0 Å². The zero-order valence-electron chi connectivity index (χ0n) is 11.0. The molecule has 0 saturated carbocycles. The fourth-order valence-electron chi connectivity index (χ4n) is 2.08. The number of aliphatic hydroxyl groups excluding tert-OH is 1. The molecule has 0 aliphatic heterocycles. The molecule has 0 atom stereocenters. The zero-order valence-corrected chi connectivity index (χ0v) is 11.0. The maximum Gasteiger partial charge on any atom is 0.417 e. The molecule has 1 N–H and O–H groups in total. The van der Waals surface area contributed by atoms with Gasteiger partial charge >= 0.3 is 12.4 Å². The Morgan fingerprint density at radius 3 is 2.00 bits per heavy atom. The average molecular weight is 320 g/mol. The van der Waals surface area contributed by atoms with E-state index in [0.717, 1.165) is 24.3 Å². The summed E-state index contributed by atoms with van der Waals surface area (Å²) in [5, 5.41) is 9.04. The molecule has 2 rings (SSSR count). The first-order chi connectivity index (χ1) is 10.1. The first-order valence-corrected chi connectivity index (χ1v) is 6.11. The molecule has 0 aromatic heterocycles. The van der Waals surface area contributed by atoms with Crippen molar-refractivity contribution in [1.82, 2.24) is 0 Å². The zero-order chi connectivity index (χ0) is 16.5. The summed E-state index contributed by atoms with van der Waals surface area (Å²) >= 11 is 0. The second kappa shape index (κ2) is 5.64. The topological polar surface area (TPSA) is 20.2 Å². The highest BCUT2D eigenvalue weighted by molar-refractivity contribution is 5.69. The van der Waals surface area contributed by atoms with Crippen molar-refractivity contribution in [3.05, 3.63) is 59.2 Å². The van der Waals surface area contributed by atoms with Gasteiger partial charge in [-0.2, -0.15) is 26.3 Å². The molecule has 0 spiro atoms. The normalized spacial score (nSPS) is 12.5. The van der Waals surface area contributed by atoms with Crippen molar-refractivity contribution in [2.75, 3.05) is 0 Å². The third-order valence-electron chi connectivity index (χ3n) is 3.05. The second-order valence-electron chi connectivity index (χ2n) is 4.62. The summed E-state index contributed by atoms with van der Waals surface area (Å²) in [5.41, 5.74) is -2.85. The van der Waals surface area contributed by atoms with E-state index in [0.29, 0.717) is 12.1 Å². The molecule has 2 aromatic carbocycles. The predicted molar refractivity (Wildman–Crippen MR) is 67.8 cm³/mol. The summed E-state index contributed by atoms with van der Waals surface area (Å²) in [7, 11) is 0. The molecule has 0 unspecified atom stereocenters. The fraction of sp³-hybridized carbons (Fsp3) is 0.200. The van der Waals surface area contributed by atoms with Gasteiger partial charge in [0.25, 0.3) is 0 Å². The minimum Gasteiger partial charge on any atom is -0.392 e. The van der Waals surface area contributed by atoms with Gasteiger partial charge in [-0.15, -0.1) is 0 Å². The van der Waals surface area contributed by atoms with Gasteiger partial charge in [-0.1, -0.05) is 18.2 Å². The molecule has 2 aromatic rings. The molecule has 0 aliphatic rings. The van der Waals surface area contributed by atoms with Crippen LogP contribution in [0.3, 0.4) is 0 Å². The molecule has 118 valence electrons. The van der Waals surface area contributed by atoms with Crippen LogP contribution in [0.1, 0.15) is 16.7 Å². The van der Waals surface area contributed by atoms with Gasteiger partial charge in [-0.25, -0.2) is 0 Å². The minimum atomic E-state index is -4.72. The van der Waals surface area contributed by atoms with Gasteiger partial charge in [-0.05, 0) is 41.0 Å². The molecule has 0 fully saturated rings. The van der Waals surface area contributed by atoms with Crippen LogP contribution in [0.15, 0.2) is 42.5 Å². The van der Waals surface area contributed by atoms with Gasteiger partial charge in [0.15, 0.2) is 0 Å². The molecule has 0 aliphatic carbocycles. The monoisotopic (exact) mass is 320 g/mol. The van der Waals surface area contributed by atoms with Crippen molar-refractivity contribution in [3.8, 4) is 11.1 Å². The molecular formula is C15H10F6O. The van der Waals surface area contributed by atoms with Gasteiger partial charge in [0.1, 0.15) is 0 Å². The molecule has 0 amide bonds. The highest BCUT2D eigenvalue weighted by Crippen LogP contribution is 2.39. The largest absolute Gasteiger partial charge is 0.417 e. The Labute approximate surface area is 121 Å². The van der Waals surface area contributed by atoms with Crippen LogP contribution >= 0.6 is 0 Å². The number of halogens is 6. The van der Waals surface area contributed by atoms with E-state index in [9.17, 15) is 26.3 Å². The van der Waals surface area contributed by atoms with E-state index >= 15 is 0 Å². The van der Waals surface area contributed by atoms with Crippen LogP contribution in [0.5, 0.6) is 0 Å². The standard InChI is InChI=1S/C15H10F6O/c16-14(17,18)11-6-9(8-22)5-10(7-11)12-3-1-2-4-13(12)15(19,20)21/h1-7,22H,8H2. The van der Waals surface area contributed by atoms with Crippen LogP contribution in [-0.2, 0) is 19.0 Å². The van der Waals surface area contributed by atoms with E-state index < -0.39 is 30.1 Å². The van der Waals surface area contributed by atoms with Crippen molar-refractivity contribution in [1.29, 1.82) is 0 Å². The molecule has 7 heteroatoms. The van der Waals surface area contributed by atoms with Crippen molar-refractivity contribution < 1.29 is 31.4 Å². The number of rotatable bonds is 2. The Hall–Kier alpha value is -2.02. The quantitative estimate of drug-likeness (QED) is 0.782. The third kappa shape index (κ3) is 3.41. The Morgan fingerprint density at radius 1 is 0.818 bits per heavy atom. The van der Waals surface area contributed by atoms with Crippen LogP contribution in [-0.4, -0.2) is 5.11 Å². The van der Waals surface area contributed by atoms with E-state index in [1.165, 1.54) is 6.07 Å². The summed E-state index contributed by atoms with van der Waals surface area (Å²) in [5.74, 6) is 0. The van der Waals surface area contributed by atoms with E-state index in [1.807, 2.05) is 0 Å². The predicted octanol–water partition coefficient (Wildman–Crippen LogP) is 4.88. The van der Waals surface area contributed by atoms with E-state index in [2.05, 4.69) is 0 Å². The van der Waals surface area contributed by atoms with Crippen molar-refractivity contribution in [2.24, 2.45) is 0 Å². The summed E-state index contributed by atoms with van der Waals surface area (Å²) in [6.45, 7) is -0.703. The fourth-order valence-corrected chi connectivity index (χ4v) is 2.08. The second-order valence-corrected chi connectivity index (χ2v) is 4.62. The summed E-state index contributed by atoms with van der Waals surface area (Å²) in [6, 6.07) is 6.83. The van der Waals surface area contributed by atoms with E-state index in [-0.39, 0.29) is 16.7 Å². The lowest BCUT2D eigenvalue weighted by Gasteiger charge is -2.15. The van der Waals surface area contributed by atoms with Gasteiger partial charge in [0.05, 0.1) is 17.7 Å². The third-order valence-corrected chi connectivity index (χ3v) is 3.05. The highest BCUT2D eigenvalue weighted by Gasteiger charge is 2.35. The number of aliphatic hydroxyl groups is 1. The van der Waals surface area contributed by atoms with Crippen LogP contribution in [0.4, 0.5) is 26.3 Å². The Bertz CT molecular complexity index is 672. The average Bonchev–Trinajstić information content (AvgIpc) is 2.45. The Morgan fingerprint density at radius 2 is 1.45 bits per heavy atom. The van der Waals surface area contributed by atoms with Gasteiger partial charge < -0.3 is 5.11 Å². The summed E-state index contributed by atoms with van der Waals surface area (Å²) < 4.78 is 77.4. The molecule has 1 nitrogen and oxygen atoms in total. The van der Waals surface area contributed by atoms with E-state index in [1.54, 1.807) is 0 Å². The maximum atomic E-state index is 13.0. The minimum absolute atomic E-state index is 0.109. The molecular weight excluding hydrogens is 310 g/mol. The van der Waals surface area contributed by atoms with Crippen LogP contribution in [0.25, 0.3) is 11.1 Å². The molecule has 0 radical (unpaired) electrons. The number of hydrogen-bond acceptors (Lipinski definition) is 1. The van der Waals surface area contributed by atoms with Gasteiger partial charge in [0, 0.05) is 0 Å². The van der Waals surface area contributed by atoms with Crippen LogP contribution in [0, 0.1) is 0 Å². The lowest BCUT2D eigenvalue weighted by molar-refractivity contribution is -0.137. The smallest absolute Gasteiger partial charge is 0.392 e. The first-order valence-electron chi connectivity index (χ1n) is 6.11. The van der Waals surface area contributed by atoms with Crippen LogP contribution in [0.2, 0.25) is 0 Å². The van der Waals surface area contributed by atoms with Crippen molar-refractivity contribution in [3.63, 3.8) is 0 Å². The molecule has 0 bridgehead atoms. The summed E-state index contributed by atoms with van der Waals surface area (Å²) in [6.07, 6.45) is -9.41. The molecule has 0 heterocycles. The lowest BCUT2D eigenvalue weighted by Crippen LogP contribution is -2.09. The Kier molecular flexibility index (Phi) is 4.19. The number of benzene rings is 2. The lowest BCUT2D eigenvalue weighted by atomic mass is 9.95. The van der Waals surface area contributed by atoms with Crippen molar-refractivity contribution >= 4 is 0 Å². The van der Waals surface area contributed by atoms with E-state index in [4.69, 9.17) is 5.11 Å².